The van der Waals surface area contributed by atoms with Gasteiger partial charge in [-0.25, -0.2) is 0 Å². The monoisotopic (exact) mass is 527 g/mol. The van der Waals surface area contributed by atoms with Gasteiger partial charge in [-0.1, -0.05) is 76.9 Å². The summed E-state index contributed by atoms with van der Waals surface area (Å²) in [5, 5.41) is 5.48. The minimum atomic E-state index is 0. The predicted octanol–water partition coefficient (Wildman–Crippen LogP) is 0.312. The summed E-state index contributed by atoms with van der Waals surface area (Å²) < 4.78 is 0. The first-order chi connectivity index (χ1) is 9.66. The van der Waals surface area contributed by atoms with E-state index in [1.807, 2.05) is 0 Å². The second-order valence-electron chi connectivity index (χ2n) is 8.25. The number of halogens is 2. The minimum Gasteiger partial charge on any atom is -1.00 e. The zero-order valence-electron chi connectivity index (χ0n) is 15.3. The van der Waals surface area contributed by atoms with Crippen LogP contribution in [0.4, 0.5) is 0 Å². The van der Waals surface area contributed by atoms with E-state index >= 15 is 0 Å². The van der Waals surface area contributed by atoms with Crippen molar-refractivity contribution in [1.82, 2.24) is 0 Å². The molecule has 3 aromatic carbocycles. The van der Waals surface area contributed by atoms with Gasteiger partial charge in [0.2, 0.25) is 0 Å². The largest absolute Gasteiger partial charge is 1.00 e. The maximum Gasteiger partial charge on any atom is 0 e. The van der Waals surface area contributed by atoms with E-state index < -0.39 is 0 Å². The van der Waals surface area contributed by atoms with Crippen molar-refractivity contribution < 1.29 is 50.7 Å². The van der Waals surface area contributed by atoms with Crippen LogP contribution in [-0.4, -0.2) is 0 Å². The van der Waals surface area contributed by atoms with Crippen molar-refractivity contribution in [2.24, 2.45) is 0 Å². The third kappa shape index (κ3) is 4.48. The van der Waals surface area contributed by atoms with Crippen LogP contribution in [-0.2, 0) is 36.7 Å². The van der Waals surface area contributed by atoms with Crippen LogP contribution >= 0.6 is 0 Å². The molecule has 0 amide bonds. The topological polar surface area (TPSA) is 0 Å². The maximum absolute atomic E-state index is 2.35. The van der Waals surface area contributed by atoms with Gasteiger partial charge in [0.25, 0.3) is 0 Å². The van der Waals surface area contributed by atoms with E-state index in [9.17, 15) is 0 Å². The molecule has 3 heteroatoms. The Balaban J connectivity index is 0.00000176. The van der Waals surface area contributed by atoms with E-state index in [-0.39, 0.29) is 61.5 Å². The molecule has 0 aliphatic heterocycles. The van der Waals surface area contributed by atoms with Crippen LogP contribution in [0, 0.1) is 0 Å². The quantitative estimate of drug-likeness (QED) is 0.292. The molecule has 3 rings (SSSR count). The molecule has 3 aromatic rings. The Morgan fingerprint density at radius 1 is 0.625 bits per heavy atom. The fourth-order valence-corrected chi connectivity index (χ4v) is 2.96. The van der Waals surface area contributed by atoms with Crippen molar-refractivity contribution in [3.8, 4) is 0 Å². The fraction of sp³-hybridized carbons (Fsp3) is 0.381. The van der Waals surface area contributed by atoms with Gasteiger partial charge in [-0.15, -0.1) is 39.7 Å². The van der Waals surface area contributed by atoms with E-state index in [0.29, 0.717) is 0 Å². The molecule has 0 aliphatic rings. The molecule has 0 N–H and O–H groups in total. The Labute approximate surface area is 177 Å². The van der Waals surface area contributed by atoms with E-state index in [1.54, 1.807) is 0 Å². The van der Waals surface area contributed by atoms with Gasteiger partial charge in [-0.3, -0.25) is 0 Å². The molecule has 0 heterocycles. The van der Waals surface area contributed by atoms with Gasteiger partial charge in [0.1, 0.15) is 0 Å². The molecule has 0 bridgehead atoms. The Hall–Kier alpha value is -0.240. The summed E-state index contributed by atoms with van der Waals surface area (Å²) in [6.45, 7) is 13.6. The van der Waals surface area contributed by atoms with Gasteiger partial charge >= 0.3 is 0 Å². The smallest absolute Gasteiger partial charge is 0 e. The second kappa shape index (κ2) is 7.98. The molecule has 0 aliphatic carbocycles. The third-order valence-electron chi connectivity index (χ3n) is 4.44. The molecule has 0 atom stereocenters. The number of fused-ring (bicyclic) bond motifs is 3. The van der Waals surface area contributed by atoms with Crippen LogP contribution < -0.4 is 24.8 Å². The summed E-state index contributed by atoms with van der Waals surface area (Å²) in [7, 11) is 0. The van der Waals surface area contributed by atoms with Crippen LogP contribution in [0.1, 0.15) is 52.7 Å². The van der Waals surface area contributed by atoms with Crippen LogP contribution in [0.3, 0.4) is 0 Å². The molecular formula is C21H25Cl2Hf-3. The zero-order valence-corrected chi connectivity index (χ0v) is 20.4. The van der Waals surface area contributed by atoms with Crippen LogP contribution in [0.5, 0.6) is 0 Å². The minimum absolute atomic E-state index is 0. The molecule has 0 fully saturated rings. The zero-order chi connectivity index (χ0) is 15.4. The summed E-state index contributed by atoms with van der Waals surface area (Å²) in [4.78, 5) is 0. The van der Waals surface area contributed by atoms with Crippen molar-refractivity contribution in [3.05, 3.63) is 53.6 Å². The molecule has 0 nitrogen and oxygen atoms in total. The normalized spacial score (nSPS) is 11.6. The Morgan fingerprint density at radius 2 is 0.958 bits per heavy atom. The van der Waals surface area contributed by atoms with E-state index in [2.05, 4.69) is 84.0 Å². The first kappa shape index (κ1) is 23.8. The molecule has 0 saturated carbocycles. The average Bonchev–Trinajstić information content (AvgIpc) is 2.73. The summed E-state index contributed by atoms with van der Waals surface area (Å²) in [6.07, 6.45) is 0. The van der Waals surface area contributed by atoms with Gasteiger partial charge < -0.3 is 24.8 Å². The van der Waals surface area contributed by atoms with Crippen molar-refractivity contribution in [2.45, 2.75) is 52.4 Å². The summed E-state index contributed by atoms with van der Waals surface area (Å²) >= 11 is 0. The summed E-state index contributed by atoms with van der Waals surface area (Å²) in [5.74, 6) is 0. The van der Waals surface area contributed by atoms with Crippen LogP contribution in [0.25, 0.3) is 21.5 Å². The van der Waals surface area contributed by atoms with Crippen molar-refractivity contribution >= 4 is 21.5 Å². The molecule has 0 spiro atoms. The molecule has 24 heavy (non-hydrogen) atoms. The van der Waals surface area contributed by atoms with E-state index in [1.165, 1.54) is 32.7 Å². The maximum atomic E-state index is 2.35. The predicted molar refractivity (Wildman–Crippen MR) is 94.4 cm³/mol. The number of hydrogen-bond acceptors (Lipinski definition) is 0. The number of benzene rings is 2. The van der Waals surface area contributed by atoms with Crippen molar-refractivity contribution in [2.75, 3.05) is 0 Å². The fourth-order valence-electron chi connectivity index (χ4n) is 2.96. The molecule has 0 radical (unpaired) electrons. The van der Waals surface area contributed by atoms with Gasteiger partial charge in [-0.2, -0.15) is 0 Å². The summed E-state index contributed by atoms with van der Waals surface area (Å²) in [6, 6.07) is 16.2. The van der Waals surface area contributed by atoms with Crippen molar-refractivity contribution in [1.29, 1.82) is 0 Å². The third-order valence-corrected chi connectivity index (χ3v) is 4.44. The SMILES string of the molecule is CC(C)(C)c1ccc2c(c1)[cH-]c1cc(C(C)(C)C)ccc12.[Cl-].[Cl-].[Hf]. The van der Waals surface area contributed by atoms with E-state index in [0.717, 1.165) is 0 Å². The van der Waals surface area contributed by atoms with Gasteiger partial charge in [0, 0.05) is 25.8 Å². The first-order valence-corrected chi connectivity index (χ1v) is 7.80. The Kier molecular flexibility index (Phi) is 7.90. The molecule has 0 unspecified atom stereocenters. The summed E-state index contributed by atoms with van der Waals surface area (Å²) in [5.41, 5.74) is 3.21. The first-order valence-electron chi connectivity index (χ1n) is 7.80. The number of hydrogen-bond donors (Lipinski definition) is 0. The molecule has 130 valence electrons. The molecule has 0 saturated heterocycles. The Morgan fingerprint density at radius 3 is 1.25 bits per heavy atom. The Bertz CT molecular complexity index is 749. The van der Waals surface area contributed by atoms with Crippen LogP contribution in [0.2, 0.25) is 0 Å². The molecular weight excluding hydrogens is 502 g/mol. The van der Waals surface area contributed by atoms with Gasteiger partial charge in [0.05, 0.1) is 0 Å². The van der Waals surface area contributed by atoms with Crippen molar-refractivity contribution in [3.63, 3.8) is 0 Å². The second-order valence-corrected chi connectivity index (χ2v) is 8.25. The molecule has 0 aromatic heterocycles. The van der Waals surface area contributed by atoms with Gasteiger partial charge in [0.15, 0.2) is 0 Å². The standard InChI is InChI=1S/C21H25.2ClH.Hf/c1-20(2,3)16-7-9-18-14(12-16)11-15-13-17(21(4,5)6)8-10-19(15)18;;;/h7-13H,1-6H3;2*1H;/q-1;;;/p-2. The van der Waals surface area contributed by atoms with Gasteiger partial charge in [-0.05, 0) is 10.8 Å². The van der Waals surface area contributed by atoms with E-state index in [4.69, 9.17) is 0 Å². The average molecular weight is 527 g/mol. The number of rotatable bonds is 0. The van der Waals surface area contributed by atoms with Crippen LogP contribution in [0.15, 0.2) is 42.5 Å².